The van der Waals surface area contributed by atoms with Crippen molar-refractivity contribution < 1.29 is 17.2 Å². The number of thiazole rings is 1. The Kier molecular flexibility index (Phi) is 6.91. The van der Waals surface area contributed by atoms with Crippen molar-refractivity contribution in [3.8, 4) is 0 Å². The van der Waals surface area contributed by atoms with Gasteiger partial charge in [-0.05, 0) is 37.9 Å². The molecule has 0 aliphatic rings. The van der Waals surface area contributed by atoms with E-state index in [4.69, 9.17) is 11.6 Å². The molecule has 0 saturated carbocycles. The van der Waals surface area contributed by atoms with Gasteiger partial charge in [0, 0.05) is 24.0 Å². The number of anilines is 2. The van der Waals surface area contributed by atoms with Crippen LogP contribution < -0.4 is 10.0 Å². The molecule has 0 aliphatic carbocycles. The lowest BCUT2D eigenvalue weighted by Crippen LogP contribution is -2.16. The van der Waals surface area contributed by atoms with Crippen molar-refractivity contribution in [2.45, 2.75) is 18.0 Å². The molecule has 0 radical (unpaired) electrons. The normalized spacial score (nSPS) is 11.7. The fraction of sp³-hybridized carbons (Fsp3) is 0.211. The van der Waals surface area contributed by atoms with Crippen LogP contribution in [0.5, 0.6) is 0 Å². The maximum atomic E-state index is 14.6. The van der Waals surface area contributed by atoms with Crippen molar-refractivity contribution in [1.29, 1.82) is 0 Å². The second-order valence-corrected chi connectivity index (χ2v) is 9.49. The van der Waals surface area contributed by atoms with Crippen LogP contribution in [0.4, 0.5) is 20.3 Å². The van der Waals surface area contributed by atoms with Gasteiger partial charge in [-0.25, -0.2) is 22.2 Å². The van der Waals surface area contributed by atoms with Crippen LogP contribution in [-0.4, -0.2) is 32.4 Å². The minimum atomic E-state index is -4.21. The quantitative estimate of drug-likeness (QED) is 0.503. The molecular weight excluding hydrogens is 454 g/mol. The molecule has 0 aliphatic heterocycles. The largest absolute Gasteiger partial charge is 0.380 e. The molecule has 2 N–H and O–H groups in total. The number of halogens is 3. The molecule has 0 fully saturated rings. The van der Waals surface area contributed by atoms with Crippen LogP contribution in [0.1, 0.15) is 11.1 Å². The van der Waals surface area contributed by atoms with E-state index in [0.29, 0.717) is 12.1 Å². The molecular formula is C19H19ClF2N4O2S2. The lowest BCUT2D eigenvalue weighted by molar-refractivity contribution is 0.399. The fourth-order valence-electron chi connectivity index (χ4n) is 2.80. The predicted molar refractivity (Wildman–Crippen MR) is 115 cm³/mol. The number of hydrogen-bond acceptors (Lipinski definition) is 6. The second kappa shape index (κ2) is 9.25. The summed E-state index contributed by atoms with van der Waals surface area (Å²) in [5.41, 5.74) is 2.79. The summed E-state index contributed by atoms with van der Waals surface area (Å²) in [6, 6.07) is 6.76. The lowest BCUT2D eigenvalue weighted by Gasteiger charge is -2.17. The zero-order valence-corrected chi connectivity index (χ0v) is 18.5. The first-order valence-electron chi connectivity index (χ1n) is 8.72. The van der Waals surface area contributed by atoms with Crippen LogP contribution in [0.15, 0.2) is 46.1 Å². The van der Waals surface area contributed by atoms with E-state index in [1.54, 1.807) is 6.07 Å². The Morgan fingerprint density at radius 2 is 1.97 bits per heavy atom. The molecule has 0 amide bonds. The van der Waals surface area contributed by atoms with Gasteiger partial charge in [0.1, 0.15) is 16.5 Å². The molecule has 11 heteroatoms. The van der Waals surface area contributed by atoms with Crippen molar-refractivity contribution in [2.24, 2.45) is 0 Å². The highest BCUT2D eigenvalue weighted by molar-refractivity contribution is 7.92. The summed E-state index contributed by atoms with van der Waals surface area (Å²) in [5, 5.41) is 4.36. The molecule has 30 heavy (non-hydrogen) atoms. The summed E-state index contributed by atoms with van der Waals surface area (Å²) in [6.07, 6.45) is 0. The number of nitrogens with zero attached hydrogens (tertiary/aromatic N) is 2. The van der Waals surface area contributed by atoms with Crippen LogP contribution >= 0.6 is 22.9 Å². The average Bonchev–Trinajstić information content (AvgIpc) is 3.15. The van der Waals surface area contributed by atoms with Crippen molar-refractivity contribution in [1.82, 2.24) is 9.88 Å². The Labute approximate surface area is 182 Å². The van der Waals surface area contributed by atoms with Crippen LogP contribution in [0.2, 0.25) is 5.02 Å². The van der Waals surface area contributed by atoms with E-state index in [9.17, 15) is 17.2 Å². The molecule has 3 aromatic rings. The summed E-state index contributed by atoms with van der Waals surface area (Å²) in [7, 11) is -0.469. The summed E-state index contributed by atoms with van der Waals surface area (Å²) in [4.78, 5) is 5.11. The third kappa shape index (κ3) is 5.25. The number of benzene rings is 2. The van der Waals surface area contributed by atoms with E-state index in [1.807, 2.05) is 25.1 Å². The van der Waals surface area contributed by atoms with Gasteiger partial charge in [0.25, 0.3) is 10.0 Å². The molecule has 1 aromatic heterocycles. The van der Waals surface area contributed by atoms with Crippen LogP contribution in [-0.2, 0) is 23.1 Å². The van der Waals surface area contributed by atoms with E-state index in [2.05, 4.69) is 15.0 Å². The first-order valence-corrected chi connectivity index (χ1v) is 11.5. The van der Waals surface area contributed by atoms with Gasteiger partial charge in [-0.15, -0.1) is 11.3 Å². The first-order chi connectivity index (χ1) is 14.2. The van der Waals surface area contributed by atoms with E-state index in [1.165, 1.54) is 28.3 Å². The number of sulfonamides is 1. The maximum absolute atomic E-state index is 14.6. The van der Waals surface area contributed by atoms with E-state index in [-0.39, 0.29) is 23.1 Å². The Bertz CT molecular complexity index is 1140. The molecule has 6 nitrogen and oxygen atoms in total. The Morgan fingerprint density at radius 3 is 2.63 bits per heavy atom. The van der Waals surface area contributed by atoms with Crippen molar-refractivity contribution in [3.05, 3.63) is 69.0 Å². The SMILES string of the molecule is CN(C)Cc1cccc(F)c1CNc1cc(F)c(S(=O)(=O)Nc2cscn2)cc1Cl. The smallest absolute Gasteiger partial charge is 0.266 e. The zero-order valence-electron chi connectivity index (χ0n) is 16.1. The van der Waals surface area contributed by atoms with Gasteiger partial charge in [-0.1, -0.05) is 23.7 Å². The fourth-order valence-corrected chi connectivity index (χ4v) is 4.74. The van der Waals surface area contributed by atoms with Gasteiger partial charge in [-0.2, -0.15) is 0 Å². The minimum Gasteiger partial charge on any atom is -0.380 e. The molecule has 1 heterocycles. The van der Waals surface area contributed by atoms with Gasteiger partial charge in [0.2, 0.25) is 0 Å². The summed E-state index contributed by atoms with van der Waals surface area (Å²) in [5.74, 6) is -1.30. The van der Waals surface area contributed by atoms with E-state index < -0.39 is 26.6 Å². The van der Waals surface area contributed by atoms with E-state index >= 15 is 0 Å². The van der Waals surface area contributed by atoms with Crippen LogP contribution in [0, 0.1) is 11.6 Å². The van der Waals surface area contributed by atoms with Crippen LogP contribution in [0.3, 0.4) is 0 Å². The molecule has 0 bridgehead atoms. The van der Waals surface area contributed by atoms with Crippen molar-refractivity contribution >= 4 is 44.5 Å². The Morgan fingerprint density at radius 1 is 1.20 bits per heavy atom. The molecule has 0 atom stereocenters. The highest BCUT2D eigenvalue weighted by Crippen LogP contribution is 2.30. The Hall–Kier alpha value is -2.27. The summed E-state index contributed by atoms with van der Waals surface area (Å²) in [6.45, 7) is 0.578. The molecule has 2 aromatic carbocycles. The van der Waals surface area contributed by atoms with Gasteiger partial charge in [0.05, 0.1) is 16.2 Å². The topological polar surface area (TPSA) is 74.3 Å². The van der Waals surface area contributed by atoms with Crippen molar-refractivity contribution in [3.63, 3.8) is 0 Å². The van der Waals surface area contributed by atoms with Crippen LogP contribution in [0.25, 0.3) is 0 Å². The highest BCUT2D eigenvalue weighted by Gasteiger charge is 2.22. The van der Waals surface area contributed by atoms with Gasteiger partial charge in [0.15, 0.2) is 5.82 Å². The lowest BCUT2D eigenvalue weighted by atomic mass is 10.1. The molecule has 0 spiro atoms. The van der Waals surface area contributed by atoms with E-state index in [0.717, 1.165) is 17.7 Å². The number of rotatable bonds is 8. The van der Waals surface area contributed by atoms with Crippen molar-refractivity contribution in [2.75, 3.05) is 24.1 Å². The molecule has 0 unspecified atom stereocenters. The third-order valence-corrected chi connectivity index (χ3v) is 6.41. The number of aromatic nitrogens is 1. The molecule has 3 rings (SSSR count). The third-order valence-electron chi connectivity index (χ3n) is 4.14. The first kappa shape index (κ1) is 22.4. The van der Waals surface area contributed by atoms with Gasteiger partial charge in [-0.3, -0.25) is 4.72 Å². The zero-order chi connectivity index (χ0) is 21.9. The highest BCUT2D eigenvalue weighted by atomic mass is 35.5. The van der Waals surface area contributed by atoms with Gasteiger partial charge >= 0.3 is 0 Å². The van der Waals surface area contributed by atoms with Gasteiger partial charge < -0.3 is 10.2 Å². The molecule has 0 saturated heterocycles. The Balaban J connectivity index is 1.83. The number of nitrogens with one attached hydrogen (secondary N) is 2. The minimum absolute atomic E-state index is 0.0134. The number of hydrogen-bond donors (Lipinski definition) is 2. The summed E-state index contributed by atoms with van der Waals surface area (Å²) >= 11 is 7.38. The standard InChI is InChI=1S/C19H19ClF2N4O2S2/c1-26(2)9-12-4-3-5-15(21)13(12)8-23-17-7-16(22)18(6-14(17)20)30(27,28)25-19-10-29-11-24-19/h3-7,10-11,23,25H,8-9H2,1-2H3. The molecule has 160 valence electrons. The predicted octanol–water partition coefficient (Wildman–Crippen LogP) is 4.55. The summed E-state index contributed by atoms with van der Waals surface area (Å²) < 4.78 is 56.0. The monoisotopic (exact) mass is 472 g/mol. The average molecular weight is 473 g/mol. The maximum Gasteiger partial charge on any atom is 0.266 e. The second-order valence-electron chi connectivity index (χ2n) is 6.71.